The summed E-state index contributed by atoms with van der Waals surface area (Å²) >= 11 is 20.6. The summed E-state index contributed by atoms with van der Waals surface area (Å²) in [6.45, 7) is 19.4. The fraction of sp³-hybridized carbons (Fsp3) is 0.360. The summed E-state index contributed by atoms with van der Waals surface area (Å²) in [5.74, 6) is -0.935. The van der Waals surface area contributed by atoms with Crippen molar-refractivity contribution in [1.29, 1.82) is 0 Å². The van der Waals surface area contributed by atoms with Crippen LogP contribution in [0.15, 0.2) is 185 Å². The molecule has 7 rings (SSSR count). The number of hydrogen-bond acceptors (Lipinski definition) is 9. The highest BCUT2D eigenvalue weighted by Crippen LogP contribution is 2.33. The van der Waals surface area contributed by atoms with E-state index in [4.69, 9.17) is 43.1 Å². The van der Waals surface area contributed by atoms with Crippen LogP contribution in [0.3, 0.4) is 0 Å². The first kappa shape index (κ1) is 74.2. The SMILES string of the molecule is C=NC(=C\C=C1\C=CC(Cl)=CC1)/C=C/c1cccc(CCCc2ccccc2C(C)(C)O)c1.CC.CC(C)(O)c1ccccc1CCCc1cccc(/C=C/c2ccc3ccc(Cl)cc3n2)c1.CCC(CS)(COCC(CC)(CS)CC(=O)O)CC(=O)O. The molecule has 0 saturated heterocycles. The predicted octanol–water partition coefficient (Wildman–Crippen LogP) is 18.8. The molecule has 4 N–H and O–H groups in total. The number of aliphatic imine (C=N–C) groups is 1. The number of halogens is 2. The Kier molecular flexibility index (Phi) is 31.7. The van der Waals surface area contributed by atoms with Gasteiger partial charge in [-0.1, -0.05) is 190 Å². The minimum absolute atomic E-state index is 0.00801. The van der Waals surface area contributed by atoms with Crippen molar-refractivity contribution < 1.29 is 34.8 Å². The Labute approximate surface area is 545 Å². The zero-order valence-electron chi connectivity index (χ0n) is 52.7. The van der Waals surface area contributed by atoms with E-state index in [-0.39, 0.29) is 26.1 Å². The van der Waals surface area contributed by atoms with Gasteiger partial charge in [0.2, 0.25) is 0 Å². The van der Waals surface area contributed by atoms with Crippen molar-refractivity contribution in [3.63, 3.8) is 0 Å². The van der Waals surface area contributed by atoms with Gasteiger partial charge in [0, 0.05) is 26.3 Å². The summed E-state index contributed by atoms with van der Waals surface area (Å²) in [5, 5.41) is 41.4. The highest BCUT2D eigenvalue weighted by Gasteiger charge is 2.34. The van der Waals surface area contributed by atoms with Crippen LogP contribution in [0, 0.1) is 10.8 Å². The van der Waals surface area contributed by atoms with Crippen LogP contribution < -0.4 is 0 Å². The van der Waals surface area contributed by atoms with Crippen molar-refractivity contribution in [3.05, 3.63) is 235 Å². The van der Waals surface area contributed by atoms with Crippen LogP contribution in [0.5, 0.6) is 0 Å². The van der Waals surface area contributed by atoms with E-state index in [1.54, 1.807) is 0 Å². The summed E-state index contributed by atoms with van der Waals surface area (Å²) in [5.41, 5.74) is 10.5. The number of nitrogens with zero attached hydrogens (tertiary/aromatic N) is 2. The standard InChI is InChI=1S/C30H32ClNO.C29H28ClNO.C14H26O5S2.C2H6/c1-30(2,33)29-13-5-4-11-26(29)12-7-10-24-8-6-9-25(22-24)17-21-28(32-3)20-16-23-14-18-27(31)19-15-23;1-29(2,32)27-12-4-3-10-23(27)11-6-9-21-7-5-8-22(19-21)13-17-26-18-15-24-14-16-25(30)20-28(24)31-26;1-3-13(9-20,5-11(15)16)7-19-8-14(4-2,10-21)6-12(17)18;1-2/h4-6,8-9,11,13-14,16-22,33H,3,7,10,12,15H2,1-2H3;3-5,7-8,10,12-20,32H,6,9,11H2,1-2H3;20-21H,3-10H2,1-2H3,(H,15,16)(H,17,18);1-2H3/b21-17+,23-16-,28-20-;17-13+;;. The third kappa shape index (κ3) is 25.7. The minimum atomic E-state index is -0.879. The third-order valence-electron chi connectivity index (χ3n) is 15.3. The number of aliphatic carboxylic acids is 2. The number of benzene rings is 5. The van der Waals surface area contributed by atoms with Gasteiger partial charge in [-0.15, -0.1) is 0 Å². The first-order valence-corrected chi connectivity index (χ1v) is 32.4. The normalized spacial score (nSPS) is 14.4. The summed E-state index contributed by atoms with van der Waals surface area (Å²) < 4.78 is 5.71. The molecule has 13 heteroatoms. The minimum Gasteiger partial charge on any atom is -0.481 e. The second-order valence-corrected chi connectivity index (χ2v) is 24.6. The van der Waals surface area contributed by atoms with Gasteiger partial charge in [0.1, 0.15) is 0 Å². The quantitative estimate of drug-likeness (QED) is 0.0162. The number of carboxylic acid groups (broad SMARTS) is 2. The van der Waals surface area contributed by atoms with Crippen LogP contribution in [0.2, 0.25) is 5.02 Å². The Morgan fingerprint density at radius 3 is 1.64 bits per heavy atom. The maximum atomic E-state index is 11.0. The molecule has 0 bridgehead atoms. The number of carbonyl (C=O) groups is 2. The maximum Gasteiger partial charge on any atom is 0.304 e. The number of pyridine rings is 1. The second kappa shape index (κ2) is 37.7. The molecule has 0 aliphatic heterocycles. The van der Waals surface area contributed by atoms with Crippen molar-refractivity contribution in [1.82, 2.24) is 4.98 Å². The van der Waals surface area contributed by atoms with Crippen LogP contribution in [0.25, 0.3) is 29.1 Å². The number of aromatic nitrogens is 1. The first-order chi connectivity index (χ1) is 42.0. The van der Waals surface area contributed by atoms with E-state index < -0.39 is 34.0 Å². The summed E-state index contributed by atoms with van der Waals surface area (Å²) in [6.07, 6.45) is 26.1. The lowest BCUT2D eigenvalue weighted by Gasteiger charge is -2.33. The van der Waals surface area contributed by atoms with Crippen LogP contribution >= 0.6 is 48.5 Å². The van der Waals surface area contributed by atoms with Crippen molar-refractivity contribution in [2.75, 3.05) is 24.7 Å². The van der Waals surface area contributed by atoms with Gasteiger partial charge in [-0.2, -0.15) is 25.3 Å². The van der Waals surface area contributed by atoms with E-state index in [0.717, 1.165) is 94.5 Å². The average molecular weight is 1270 g/mol. The zero-order chi connectivity index (χ0) is 64.8. The lowest BCUT2D eigenvalue weighted by atomic mass is 9.83. The summed E-state index contributed by atoms with van der Waals surface area (Å²) in [4.78, 5) is 30.8. The number of aliphatic hydroxyl groups is 2. The van der Waals surface area contributed by atoms with E-state index in [1.807, 2.05) is 159 Å². The highest BCUT2D eigenvalue weighted by atomic mass is 35.5. The molecule has 9 nitrogen and oxygen atoms in total. The van der Waals surface area contributed by atoms with Crippen LogP contribution in [0.4, 0.5) is 0 Å². The number of hydrogen-bond donors (Lipinski definition) is 6. The van der Waals surface area contributed by atoms with Gasteiger partial charge in [0.25, 0.3) is 0 Å². The molecule has 0 radical (unpaired) electrons. The van der Waals surface area contributed by atoms with Gasteiger partial charge in [0.05, 0.1) is 54.2 Å². The Morgan fingerprint density at radius 1 is 0.659 bits per heavy atom. The van der Waals surface area contributed by atoms with Crippen molar-refractivity contribution >= 4 is 96.2 Å². The molecule has 2 atom stereocenters. The molecule has 1 aliphatic rings. The molecule has 1 heterocycles. The summed E-state index contributed by atoms with van der Waals surface area (Å²) in [7, 11) is 0. The number of allylic oxidation sites excluding steroid dienone is 8. The van der Waals surface area contributed by atoms with Crippen LogP contribution in [-0.2, 0) is 51.2 Å². The number of rotatable bonds is 28. The summed E-state index contributed by atoms with van der Waals surface area (Å²) in [6, 6.07) is 43.4. The molecule has 0 spiro atoms. The van der Waals surface area contributed by atoms with Crippen LogP contribution in [-0.4, -0.2) is 68.8 Å². The molecule has 0 fully saturated rings. The monoisotopic (exact) mass is 1270 g/mol. The second-order valence-electron chi connectivity index (χ2n) is 23.1. The van der Waals surface area contributed by atoms with Crippen LogP contribution in [0.1, 0.15) is 151 Å². The predicted molar refractivity (Wildman–Crippen MR) is 378 cm³/mol. The number of thiol groups is 2. The molecule has 6 aromatic rings. The largest absolute Gasteiger partial charge is 0.481 e. The van der Waals surface area contributed by atoms with Crippen molar-refractivity contribution in [2.45, 2.75) is 137 Å². The van der Waals surface area contributed by atoms with Gasteiger partial charge in [0.15, 0.2) is 0 Å². The number of fused-ring (bicyclic) bond motifs is 1. The molecule has 0 amide bonds. The smallest absolute Gasteiger partial charge is 0.304 e. The fourth-order valence-corrected chi connectivity index (χ4v) is 11.2. The Balaban J connectivity index is 0.000000286. The van der Waals surface area contributed by atoms with Gasteiger partial charge in [-0.25, -0.2) is 4.98 Å². The molecular weight excluding hydrogens is 1180 g/mol. The fourth-order valence-electron chi connectivity index (χ4n) is 10.0. The highest BCUT2D eigenvalue weighted by molar-refractivity contribution is 7.80. The van der Waals surface area contributed by atoms with Gasteiger partial charge < -0.3 is 25.2 Å². The molecule has 1 aliphatic carbocycles. The van der Waals surface area contributed by atoms with E-state index in [0.29, 0.717) is 29.4 Å². The van der Waals surface area contributed by atoms with E-state index in [2.05, 4.69) is 116 Å². The number of ether oxygens (including phenoxy) is 1. The van der Waals surface area contributed by atoms with Crippen molar-refractivity contribution in [3.8, 4) is 0 Å². The molecule has 5 aromatic carbocycles. The average Bonchev–Trinajstić information content (AvgIpc) is 3.56. The van der Waals surface area contributed by atoms with Gasteiger partial charge in [-0.05, 0) is 196 Å². The number of carboxylic acids is 2. The molecule has 88 heavy (non-hydrogen) atoms. The Bertz CT molecular complexity index is 3350. The van der Waals surface area contributed by atoms with E-state index in [1.165, 1.54) is 27.8 Å². The number of aryl methyl sites for hydroxylation is 4. The molecule has 0 saturated carbocycles. The maximum absolute atomic E-state index is 11.0. The zero-order valence-corrected chi connectivity index (χ0v) is 56.0. The van der Waals surface area contributed by atoms with Gasteiger partial charge in [-0.3, -0.25) is 14.6 Å². The van der Waals surface area contributed by atoms with E-state index >= 15 is 0 Å². The molecule has 2 unspecified atom stereocenters. The Hall–Kier alpha value is -6.28. The lowest BCUT2D eigenvalue weighted by molar-refractivity contribution is -0.141. The first-order valence-electron chi connectivity index (χ1n) is 30.4. The van der Waals surface area contributed by atoms with Crippen molar-refractivity contribution in [2.24, 2.45) is 15.8 Å². The molecular formula is C75H92Cl2N2O7S2. The lowest BCUT2D eigenvalue weighted by Crippen LogP contribution is -2.36. The third-order valence-corrected chi connectivity index (χ3v) is 17.2. The molecule has 1 aromatic heterocycles. The van der Waals surface area contributed by atoms with E-state index in [9.17, 15) is 19.8 Å². The topological polar surface area (TPSA) is 150 Å². The molecule has 470 valence electrons. The Morgan fingerprint density at radius 2 is 1.17 bits per heavy atom. The van der Waals surface area contributed by atoms with Gasteiger partial charge >= 0.3 is 11.9 Å².